The van der Waals surface area contributed by atoms with Gasteiger partial charge in [0.15, 0.2) is 0 Å². The molecule has 0 spiro atoms. The number of carbonyl (C=O) groups is 1. The van der Waals surface area contributed by atoms with E-state index in [0.717, 1.165) is 0 Å². The zero-order valence-corrected chi connectivity index (χ0v) is 9.95. The van der Waals surface area contributed by atoms with Crippen molar-refractivity contribution in [2.24, 2.45) is 0 Å². The first-order chi connectivity index (χ1) is 8.24. The first kappa shape index (κ1) is 11.5. The Morgan fingerprint density at radius 1 is 1.41 bits per heavy atom. The first-order valence-corrected chi connectivity index (χ1v) is 6.11. The number of carbonyl (C=O) groups excluding carboxylic acids is 1. The quantitative estimate of drug-likeness (QED) is 0.850. The molecule has 0 radical (unpaired) electrons. The van der Waals surface area contributed by atoms with Gasteiger partial charge in [-0.1, -0.05) is 12.1 Å². The van der Waals surface area contributed by atoms with Crippen molar-refractivity contribution < 1.29 is 9.00 Å². The average molecular weight is 249 g/mol. The fraction of sp³-hybridized carbons (Fsp3) is 0.0909. The van der Waals surface area contributed by atoms with E-state index in [1.165, 1.54) is 13.2 Å². The highest BCUT2D eigenvalue weighted by Gasteiger charge is 2.17. The van der Waals surface area contributed by atoms with Gasteiger partial charge in [0, 0.05) is 19.4 Å². The van der Waals surface area contributed by atoms with Crippen molar-refractivity contribution in [2.75, 3.05) is 7.05 Å². The van der Waals surface area contributed by atoms with Crippen molar-refractivity contribution >= 4 is 16.7 Å². The zero-order valence-electron chi connectivity index (χ0n) is 9.14. The van der Waals surface area contributed by atoms with Gasteiger partial charge in [-0.05, 0) is 12.1 Å². The number of amides is 1. The number of aromatic nitrogens is 2. The summed E-state index contributed by atoms with van der Waals surface area (Å²) in [6.45, 7) is 0. The third kappa shape index (κ3) is 2.26. The van der Waals surface area contributed by atoms with E-state index in [2.05, 4.69) is 15.3 Å². The Morgan fingerprint density at radius 2 is 2.18 bits per heavy atom. The van der Waals surface area contributed by atoms with Crippen LogP contribution in [0, 0.1) is 0 Å². The van der Waals surface area contributed by atoms with Crippen molar-refractivity contribution in [3.05, 3.63) is 42.2 Å². The molecule has 6 heteroatoms. The third-order valence-corrected chi connectivity index (χ3v) is 3.54. The molecule has 1 aromatic carbocycles. The van der Waals surface area contributed by atoms with Gasteiger partial charge in [-0.2, -0.15) is 0 Å². The van der Waals surface area contributed by atoms with E-state index in [4.69, 9.17) is 0 Å². The van der Waals surface area contributed by atoms with Crippen LogP contribution in [-0.4, -0.2) is 27.1 Å². The number of nitrogens with zero attached hydrogens (tertiary/aromatic N) is 1. The molecule has 0 aliphatic carbocycles. The smallest absolute Gasteiger partial charge is 0.252 e. The van der Waals surface area contributed by atoms with Crippen molar-refractivity contribution in [1.82, 2.24) is 15.3 Å². The van der Waals surface area contributed by atoms with Crippen LogP contribution in [0.3, 0.4) is 0 Å². The van der Waals surface area contributed by atoms with Crippen molar-refractivity contribution in [3.63, 3.8) is 0 Å². The Balaban J connectivity index is 2.45. The minimum atomic E-state index is -1.48. The summed E-state index contributed by atoms with van der Waals surface area (Å²) in [4.78, 5) is 18.8. The predicted octanol–water partition coefficient (Wildman–Crippen LogP) is 0.936. The summed E-state index contributed by atoms with van der Waals surface area (Å²) in [5.41, 5.74) is 0.393. The van der Waals surface area contributed by atoms with Crippen molar-refractivity contribution in [2.45, 2.75) is 10.1 Å². The Morgan fingerprint density at radius 3 is 2.82 bits per heavy atom. The Hall–Kier alpha value is -1.95. The van der Waals surface area contributed by atoms with Crippen molar-refractivity contribution in [1.29, 1.82) is 0 Å². The minimum absolute atomic E-state index is 0.263. The number of H-pyrrole nitrogens is 1. The first-order valence-electron chi connectivity index (χ1n) is 4.96. The van der Waals surface area contributed by atoms with Gasteiger partial charge in [0.05, 0.1) is 10.5 Å². The molecule has 2 rings (SSSR count). The van der Waals surface area contributed by atoms with Gasteiger partial charge in [0.2, 0.25) is 5.16 Å². The molecule has 1 amide bonds. The second-order valence-electron chi connectivity index (χ2n) is 3.24. The molecule has 88 valence electrons. The number of rotatable bonds is 3. The molecule has 2 aromatic rings. The molecule has 0 saturated heterocycles. The number of aromatic amines is 1. The molecule has 1 unspecified atom stereocenters. The van der Waals surface area contributed by atoms with E-state index in [9.17, 15) is 9.00 Å². The highest BCUT2D eigenvalue weighted by atomic mass is 32.2. The Kier molecular flexibility index (Phi) is 3.34. The molecular weight excluding hydrogens is 238 g/mol. The van der Waals surface area contributed by atoms with E-state index >= 15 is 0 Å². The van der Waals surface area contributed by atoms with Crippen LogP contribution in [-0.2, 0) is 10.8 Å². The van der Waals surface area contributed by atoms with Gasteiger partial charge in [-0.15, -0.1) is 0 Å². The van der Waals surface area contributed by atoms with E-state index in [1.54, 1.807) is 30.5 Å². The molecular formula is C11H11N3O2S. The van der Waals surface area contributed by atoms with Gasteiger partial charge in [0.1, 0.15) is 10.8 Å². The summed E-state index contributed by atoms with van der Waals surface area (Å²) in [5.74, 6) is -0.263. The van der Waals surface area contributed by atoms with Gasteiger partial charge < -0.3 is 10.3 Å². The monoisotopic (exact) mass is 249 g/mol. The van der Waals surface area contributed by atoms with Crippen molar-refractivity contribution in [3.8, 4) is 0 Å². The van der Waals surface area contributed by atoms with Crippen LogP contribution in [0.5, 0.6) is 0 Å². The van der Waals surface area contributed by atoms with Crippen LogP contribution in [0.1, 0.15) is 10.4 Å². The molecule has 0 aliphatic rings. The van der Waals surface area contributed by atoms with E-state index in [-0.39, 0.29) is 5.91 Å². The van der Waals surface area contributed by atoms with Gasteiger partial charge in [-0.3, -0.25) is 4.79 Å². The lowest BCUT2D eigenvalue weighted by Crippen LogP contribution is -2.19. The zero-order chi connectivity index (χ0) is 12.3. The molecule has 1 heterocycles. The Labute approximate surface area is 101 Å². The number of hydrogen-bond acceptors (Lipinski definition) is 3. The molecule has 5 nitrogen and oxygen atoms in total. The standard InChI is InChI=1S/C11H11N3O2S/c1-12-10(15)8-4-2-3-5-9(8)17(16)11-13-6-7-14-11/h2-7H,1H3,(H,12,15)(H,13,14). The minimum Gasteiger partial charge on any atom is -0.355 e. The molecule has 17 heavy (non-hydrogen) atoms. The topological polar surface area (TPSA) is 74.8 Å². The number of nitrogens with one attached hydrogen (secondary N) is 2. The third-order valence-electron chi connectivity index (χ3n) is 2.21. The van der Waals surface area contributed by atoms with Crippen LogP contribution in [0.4, 0.5) is 0 Å². The van der Waals surface area contributed by atoms with Gasteiger partial charge >= 0.3 is 0 Å². The van der Waals surface area contributed by atoms with E-state index < -0.39 is 10.8 Å². The van der Waals surface area contributed by atoms with Gasteiger partial charge in [0.25, 0.3) is 5.91 Å². The summed E-state index contributed by atoms with van der Waals surface area (Å²) in [6, 6.07) is 6.76. The second-order valence-corrected chi connectivity index (χ2v) is 4.60. The fourth-order valence-electron chi connectivity index (χ4n) is 1.41. The maximum atomic E-state index is 12.2. The molecule has 2 N–H and O–H groups in total. The fourth-order valence-corrected chi connectivity index (χ4v) is 2.51. The Bertz CT molecular complexity index is 552. The lowest BCUT2D eigenvalue weighted by molar-refractivity contribution is 0.0960. The lowest BCUT2D eigenvalue weighted by Gasteiger charge is -2.06. The number of hydrogen-bond donors (Lipinski definition) is 2. The lowest BCUT2D eigenvalue weighted by atomic mass is 10.2. The van der Waals surface area contributed by atoms with Crippen LogP contribution in [0.15, 0.2) is 46.7 Å². The van der Waals surface area contributed by atoms with E-state index in [1.807, 2.05) is 0 Å². The average Bonchev–Trinajstić information content (AvgIpc) is 2.91. The maximum absolute atomic E-state index is 12.2. The maximum Gasteiger partial charge on any atom is 0.252 e. The van der Waals surface area contributed by atoms with Crippen LogP contribution in [0.2, 0.25) is 0 Å². The van der Waals surface area contributed by atoms with Crippen LogP contribution >= 0.6 is 0 Å². The number of benzene rings is 1. The normalized spacial score (nSPS) is 12.1. The largest absolute Gasteiger partial charge is 0.355 e. The van der Waals surface area contributed by atoms with Crippen LogP contribution in [0.25, 0.3) is 0 Å². The molecule has 0 bridgehead atoms. The summed E-state index contributed by atoms with van der Waals surface area (Å²) >= 11 is 0. The summed E-state index contributed by atoms with van der Waals surface area (Å²) in [5, 5.41) is 2.85. The molecule has 0 saturated carbocycles. The highest BCUT2D eigenvalue weighted by molar-refractivity contribution is 7.85. The van der Waals surface area contributed by atoms with E-state index in [0.29, 0.717) is 15.6 Å². The molecule has 0 fully saturated rings. The number of imidazole rings is 1. The predicted molar refractivity (Wildman–Crippen MR) is 63.1 cm³/mol. The summed E-state index contributed by atoms with van der Waals surface area (Å²) in [7, 11) is 0.0597. The SMILES string of the molecule is CNC(=O)c1ccccc1S(=O)c1ncc[nH]1. The second kappa shape index (κ2) is 4.92. The van der Waals surface area contributed by atoms with Crippen LogP contribution < -0.4 is 5.32 Å². The molecule has 1 aromatic heterocycles. The summed E-state index contributed by atoms with van der Waals surface area (Å²) in [6.07, 6.45) is 3.12. The van der Waals surface area contributed by atoms with Gasteiger partial charge in [-0.25, -0.2) is 9.19 Å². The highest BCUT2D eigenvalue weighted by Crippen LogP contribution is 2.17. The molecule has 0 aliphatic heterocycles. The summed E-state index contributed by atoms with van der Waals surface area (Å²) < 4.78 is 12.2. The molecule has 1 atom stereocenters.